The molecule has 2 N–H and O–H groups in total. The molecule has 0 aliphatic carbocycles. The summed E-state index contributed by atoms with van der Waals surface area (Å²) >= 11 is 5.93. The van der Waals surface area contributed by atoms with Gasteiger partial charge in [-0.2, -0.15) is 0 Å². The Morgan fingerprint density at radius 2 is 1.66 bits per heavy atom. The third-order valence-corrected chi connectivity index (χ3v) is 6.34. The summed E-state index contributed by atoms with van der Waals surface area (Å²) in [5, 5.41) is 2.94. The van der Waals surface area contributed by atoms with Gasteiger partial charge in [-0.25, -0.2) is 13.2 Å². The number of halogens is 1. The van der Waals surface area contributed by atoms with Crippen molar-refractivity contribution in [3.05, 3.63) is 76.8 Å². The van der Waals surface area contributed by atoms with Crippen LogP contribution in [0.1, 0.15) is 27.6 Å². The summed E-state index contributed by atoms with van der Waals surface area (Å²) in [5.74, 6) is -0.782. The number of methoxy groups -OCH3 is 2. The molecule has 0 heterocycles. The molecule has 0 aliphatic rings. The van der Waals surface area contributed by atoms with Crippen LogP contribution in [0.5, 0.6) is 11.5 Å². The van der Waals surface area contributed by atoms with Crippen molar-refractivity contribution < 1.29 is 32.2 Å². The smallest absolute Gasteiger partial charge is 0.338 e. The van der Waals surface area contributed by atoms with E-state index in [0.717, 1.165) is 0 Å². The molecule has 0 aromatic heterocycles. The standard InChI is InChI=1S/C24H23ClN2O7S/c1-4-34-24(29)15-8-10-18(11-9-15)26-23(28)16-12-20(22(33-3)21(13-16)32-2)27-35(30,31)19-7-5-6-17(25)14-19/h5-14,27H,4H2,1-3H3,(H,26,28). The average molecular weight is 519 g/mol. The second kappa shape index (κ2) is 11.1. The zero-order chi connectivity index (χ0) is 25.6. The molecule has 184 valence electrons. The monoisotopic (exact) mass is 518 g/mol. The molecule has 0 unspecified atom stereocenters. The molecule has 3 aromatic rings. The number of anilines is 2. The molecule has 0 aliphatic heterocycles. The van der Waals surface area contributed by atoms with E-state index in [2.05, 4.69) is 10.0 Å². The molecule has 0 spiro atoms. The lowest BCUT2D eigenvalue weighted by atomic mass is 10.1. The van der Waals surface area contributed by atoms with E-state index in [1.54, 1.807) is 25.1 Å². The zero-order valence-electron chi connectivity index (χ0n) is 19.1. The number of hydrogen-bond acceptors (Lipinski definition) is 7. The maximum absolute atomic E-state index is 12.9. The minimum Gasteiger partial charge on any atom is -0.493 e. The van der Waals surface area contributed by atoms with Gasteiger partial charge < -0.3 is 19.5 Å². The first kappa shape index (κ1) is 25.9. The minimum atomic E-state index is -4.06. The Kier molecular flexibility index (Phi) is 8.21. The van der Waals surface area contributed by atoms with E-state index in [9.17, 15) is 18.0 Å². The van der Waals surface area contributed by atoms with Crippen LogP contribution in [0.25, 0.3) is 0 Å². The Morgan fingerprint density at radius 3 is 2.26 bits per heavy atom. The van der Waals surface area contributed by atoms with Crippen LogP contribution in [-0.4, -0.2) is 41.1 Å². The van der Waals surface area contributed by atoms with E-state index >= 15 is 0 Å². The molecule has 1 amide bonds. The molecule has 0 fully saturated rings. The van der Waals surface area contributed by atoms with Gasteiger partial charge in [-0.05, 0) is 61.5 Å². The van der Waals surface area contributed by atoms with E-state index in [1.165, 1.54) is 56.7 Å². The molecule has 3 rings (SSSR count). The highest BCUT2D eigenvalue weighted by Gasteiger charge is 2.22. The van der Waals surface area contributed by atoms with Gasteiger partial charge in [0.25, 0.3) is 15.9 Å². The fraction of sp³-hybridized carbons (Fsp3) is 0.167. The number of nitrogens with one attached hydrogen (secondary N) is 2. The summed E-state index contributed by atoms with van der Waals surface area (Å²) in [4.78, 5) is 24.7. The lowest BCUT2D eigenvalue weighted by Gasteiger charge is -2.17. The summed E-state index contributed by atoms with van der Waals surface area (Å²) in [7, 11) is -1.35. The molecule has 35 heavy (non-hydrogen) atoms. The highest BCUT2D eigenvalue weighted by Crippen LogP contribution is 2.38. The molecule has 0 radical (unpaired) electrons. The number of esters is 1. The Balaban J connectivity index is 1.91. The highest BCUT2D eigenvalue weighted by atomic mass is 35.5. The quantitative estimate of drug-likeness (QED) is 0.397. The van der Waals surface area contributed by atoms with Crippen molar-refractivity contribution in [2.75, 3.05) is 30.9 Å². The first-order chi connectivity index (χ1) is 16.7. The second-order valence-corrected chi connectivity index (χ2v) is 9.19. The normalized spacial score (nSPS) is 10.9. The SMILES string of the molecule is CCOC(=O)c1ccc(NC(=O)c2cc(NS(=O)(=O)c3cccc(Cl)c3)c(OC)c(OC)c2)cc1. The Labute approximate surface area is 208 Å². The fourth-order valence-electron chi connectivity index (χ4n) is 3.12. The molecular weight excluding hydrogens is 496 g/mol. The fourth-order valence-corrected chi connectivity index (χ4v) is 4.47. The predicted molar refractivity (Wildman–Crippen MR) is 132 cm³/mol. The molecule has 3 aromatic carbocycles. The Morgan fingerprint density at radius 1 is 0.943 bits per heavy atom. The van der Waals surface area contributed by atoms with Crippen molar-refractivity contribution in [1.82, 2.24) is 0 Å². The van der Waals surface area contributed by atoms with Crippen LogP contribution in [-0.2, 0) is 14.8 Å². The van der Waals surface area contributed by atoms with Crippen LogP contribution in [0.15, 0.2) is 65.6 Å². The van der Waals surface area contributed by atoms with Crippen LogP contribution >= 0.6 is 11.6 Å². The van der Waals surface area contributed by atoms with Gasteiger partial charge in [-0.1, -0.05) is 17.7 Å². The number of benzene rings is 3. The van der Waals surface area contributed by atoms with Gasteiger partial charge in [0.2, 0.25) is 0 Å². The van der Waals surface area contributed by atoms with Gasteiger partial charge in [-0.15, -0.1) is 0 Å². The number of carbonyl (C=O) groups excluding carboxylic acids is 2. The van der Waals surface area contributed by atoms with Crippen molar-refractivity contribution in [2.24, 2.45) is 0 Å². The largest absolute Gasteiger partial charge is 0.493 e. The summed E-state index contributed by atoms with van der Waals surface area (Å²) < 4.78 is 43.8. The highest BCUT2D eigenvalue weighted by molar-refractivity contribution is 7.92. The number of rotatable bonds is 9. The molecule has 9 nitrogen and oxygen atoms in total. The minimum absolute atomic E-state index is 0.00497. The van der Waals surface area contributed by atoms with Crippen molar-refractivity contribution in [2.45, 2.75) is 11.8 Å². The predicted octanol–water partition coefficient (Wildman–Crippen LogP) is 4.59. The topological polar surface area (TPSA) is 120 Å². The third-order valence-electron chi connectivity index (χ3n) is 4.75. The summed E-state index contributed by atoms with van der Waals surface area (Å²) in [6, 6.07) is 14.6. The van der Waals surface area contributed by atoms with E-state index in [1.807, 2.05) is 0 Å². The first-order valence-electron chi connectivity index (χ1n) is 10.3. The van der Waals surface area contributed by atoms with E-state index < -0.39 is 21.9 Å². The maximum Gasteiger partial charge on any atom is 0.338 e. The molecule has 0 bridgehead atoms. The van der Waals surface area contributed by atoms with Crippen molar-refractivity contribution >= 4 is 44.9 Å². The van der Waals surface area contributed by atoms with Crippen molar-refractivity contribution in [1.29, 1.82) is 0 Å². The first-order valence-corrected chi connectivity index (χ1v) is 12.2. The number of carbonyl (C=O) groups is 2. The number of hydrogen-bond donors (Lipinski definition) is 2. The van der Waals surface area contributed by atoms with Crippen molar-refractivity contribution in [3.8, 4) is 11.5 Å². The van der Waals surface area contributed by atoms with Gasteiger partial charge in [0, 0.05) is 16.3 Å². The van der Waals surface area contributed by atoms with E-state index in [4.69, 9.17) is 25.8 Å². The lowest BCUT2D eigenvalue weighted by molar-refractivity contribution is 0.0526. The molecule has 0 saturated carbocycles. The Bertz CT molecular complexity index is 1340. The van der Waals surface area contributed by atoms with Crippen molar-refractivity contribution in [3.63, 3.8) is 0 Å². The van der Waals surface area contributed by atoms with Crippen LogP contribution in [0.3, 0.4) is 0 Å². The summed E-state index contributed by atoms with van der Waals surface area (Å²) in [6.07, 6.45) is 0. The lowest BCUT2D eigenvalue weighted by Crippen LogP contribution is -2.16. The van der Waals surface area contributed by atoms with Crippen LogP contribution in [0, 0.1) is 0 Å². The van der Waals surface area contributed by atoms with E-state index in [0.29, 0.717) is 11.3 Å². The van der Waals surface area contributed by atoms with Crippen LogP contribution in [0.4, 0.5) is 11.4 Å². The molecule has 11 heteroatoms. The van der Waals surface area contributed by atoms with E-state index in [-0.39, 0.29) is 39.3 Å². The number of sulfonamides is 1. The zero-order valence-corrected chi connectivity index (χ0v) is 20.7. The summed E-state index contributed by atoms with van der Waals surface area (Å²) in [5.41, 5.74) is 0.850. The number of amides is 1. The van der Waals surface area contributed by atoms with Gasteiger partial charge in [-0.3, -0.25) is 9.52 Å². The molecule has 0 atom stereocenters. The molecule has 0 saturated heterocycles. The maximum atomic E-state index is 12.9. The molecular formula is C24H23ClN2O7S. The van der Waals surface area contributed by atoms with Gasteiger partial charge in [0.1, 0.15) is 0 Å². The second-order valence-electron chi connectivity index (χ2n) is 7.07. The number of ether oxygens (including phenoxy) is 3. The third kappa shape index (κ3) is 6.23. The van der Waals surface area contributed by atoms with Gasteiger partial charge >= 0.3 is 5.97 Å². The average Bonchev–Trinajstić information content (AvgIpc) is 2.83. The van der Waals surface area contributed by atoms with Crippen LogP contribution < -0.4 is 19.5 Å². The van der Waals surface area contributed by atoms with Gasteiger partial charge in [0.05, 0.1) is 37.0 Å². The van der Waals surface area contributed by atoms with Crippen LogP contribution in [0.2, 0.25) is 5.02 Å². The Hall–Kier alpha value is -3.76. The summed E-state index contributed by atoms with van der Waals surface area (Å²) in [6.45, 7) is 1.96. The van der Waals surface area contributed by atoms with Gasteiger partial charge in [0.15, 0.2) is 11.5 Å².